The lowest BCUT2D eigenvalue weighted by Gasteiger charge is -2.04. The van der Waals surface area contributed by atoms with Gasteiger partial charge in [-0.05, 0) is 25.8 Å². The Kier molecular flexibility index (Phi) is 5.05. The molecule has 0 bridgehead atoms. The average molecular weight is 193 g/mol. The summed E-state index contributed by atoms with van der Waals surface area (Å²) in [4.78, 5) is 4.41. The normalized spacial score (nSPS) is 10.1. The Bertz CT molecular complexity index is 260. The van der Waals surface area contributed by atoms with E-state index >= 15 is 0 Å². The number of nitrogens with zero attached hydrogens (tertiary/aromatic N) is 1. The molecular formula is C12H19NO. The Balaban J connectivity index is 2.46. The molecule has 0 aliphatic rings. The minimum Gasteiger partial charge on any atom is -0.478 e. The molecule has 0 fully saturated rings. The number of pyridine rings is 1. The Morgan fingerprint density at radius 2 is 2.07 bits per heavy atom. The highest BCUT2D eigenvalue weighted by Crippen LogP contribution is 2.10. The number of aromatic nitrogens is 1. The summed E-state index contributed by atoms with van der Waals surface area (Å²) in [6.45, 7) is 4.88. The third-order valence-electron chi connectivity index (χ3n) is 2.11. The number of ether oxygens (including phenoxy) is 1. The third kappa shape index (κ3) is 3.77. The molecule has 0 amide bonds. The molecule has 0 radical (unpaired) electrons. The number of hydrogen-bond donors (Lipinski definition) is 0. The zero-order valence-corrected chi connectivity index (χ0v) is 9.12. The van der Waals surface area contributed by atoms with Crippen molar-refractivity contribution in [1.29, 1.82) is 0 Å². The molecule has 1 heterocycles. The summed E-state index contributed by atoms with van der Waals surface area (Å²) in [5, 5.41) is 0. The summed E-state index contributed by atoms with van der Waals surface area (Å²) >= 11 is 0. The molecule has 2 heteroatoms. The quantitative estimate of drug-likeness (QED) is 0.647. The van der Waals surface area contributed by atoms with Crippen molar-refractivity contribution in [2.24, 2.45) is 0 Å². The van der Waals surface area contributed by atoms with E-state index in [2.05, 4.69) is 18.0 Å². The van der Waals surface area contributed by atoms with E-state index in [9.17, 15) is 0 Å². The van der Waals surface area contributed by atoms with Gasteiger partial charge >= 0.3 is 0 Å². The van der Waals surface area contributed by atoms with E-state index in [0.717, 1.165) is 18.0 Å². The van der Waals surface area contributed by atoms with Crippen molar-refractivity contribution in [3.8, 4) is 5.88 Å². The molecule has 1 rings (SSSR count). The van der Waals surface area contributed by atoms with Crippen molar-refractivity contribution in [2.75, 3.05) is 6.61 Å². The molecule has 78 valence electrons. The van der Waals surface area contributed by atoms with E-state index < -0.39 is 0 Å². The fraction of sp³-hybridized carbons (Fsp3) is 0.583. The van der Waals surface area contributed by atoms with E-state index in [1.54, 1.807) is 0 Å². The van der Waals surface area contributed by atoms with Crippen molar-refractivity contribution in [3.63, 3.8) is 0 Å². The number of aryl methyl sites for hydroxylation is 1. The lowest BCUT2D eigenvalue weighted by molar-refractivity contribution is 0.325. The van der Waals surface area contributed by atoms with Crippen LogP contribution in [0.5, 0.6) is 5.88 Å². The molecule has 0 aromatic carbocycles. The zero-order valence-electron chi connectivity index (χ0n) is 9.12. The molecule has 0 aliphatic heterocycles. The fourth-order valence-electron chi connectivity index (χ4n) is 1.38. The highest BCUT2D eigenvalue weighted by atomic mass is 16.5. The summed E-state index contributed by atoms with van der Waals surface area (Å²) in [5.41, 5.74) is 1.14. The fourth-order valence-corrected chi connectivity index (χ4v) is 1.38. The van der Waals surface area contributed by atoms with Gasteiger partial charge in [-0.25, -0.2) is 4.98 Å². The van der Waals surface area contributed by atoms with Gasteiger partial charge in [-0.2, -0.15) is 0 Å². The van der Waals surface area contributed by atoms with Crippen LogP contribution < -0.4 is 4.74 Å². The van der Waals surface area contributed by atoms with Gasteiger partial charge in [0.05, 0.1) is 6.61 Å². The van der Waals surface area contributed by atoms with Crippen LogP contribution in [0.4, 0.5) is 0 Å². The van der Waals surface area contributed by atoms with Gasteiger partial charge in [-0.1, -0.05) is 25.8 Å². The second-order valence-corrected chi connectivity index (χ2v) is 3.36. The van der Waals surface area contributed by atoms with Crippen LogP contribution in [0, 0.1) is 0 Å². The SMILES string of the molecule is CCCCCc1cccc(OCC)n1. The van der Waals surface area contributed by atoms with Gasteiger partial charge in [0.15, 0.2) is 0 Å². The maximum atomic E-state index is 5.34. The van der Waals surface area contributed by atoms with E-state index in [1.165, 1.54) is 19.3 Å². The van der Waals surface area contributed by atoms with Crippen molar-refractivity contribution in [2.45, 2.75) is 39.5 Å². The maximum Gasteiger partial charge on any atom is 0.213 e. The van der Waals surface area contributed by atoms with Gasteiger partial charge in [-0.3, -0.25) is 0 Å². The van der Waals surface area contributed by atoms with Crippen LogP contribution in [0.25, 0.3) is 0 Å². The van der Waals surface area contributed by atoms with Crippen LogP contribution >= 0.6 is 0 Å². The highest BCUT2D eigenvalue weighted by Gasteiger charge is 1.97. The topological polar surface area (TPSA) is 22.1 Å². The lowest BCUT2D eigenvalue weighted by Crippen LogP contribution is -1.97. The van der Waals surface area contributed by atoms with Crippen LogP contribution in [0.2, 0.25) is 0 Å². The molecule has 0 atom stereocenters. The maximum absolute atomic E-state index is 5.34. The summed E-state index contributed by atoms with van der Waals surface area (Å²) in [6.07, 6.45) is 4.82. The summed E-state index contributed by atoms with van der Waals surface area (Å²) in [6, 6.07) is 5.99. The molecule has 1 aromatic rings. The van der Waals surface area contributed by atoms with Crippen LogP contribution in [0.1, 0.15) is 38.8 Å². The number of rotatable bonds is 6. The van der Waals surface area contributed by atoms with Gasteiger partial charge in [0.2, 0.25) is 5.88 Å². The molecule has 0 unspecified atom stereocenters. The Morgan fingerprint density at radius 1 is 1.21 bits per heavy atom. The molecular weight excluding hydrogens is 174 g/mol. The van der Waals surface area contributed by atoms with Crippen molar-refractivity contribution >= 4 is 0 Å². The molecule has 0 saturated heterocycles. The van der Waals surface area contributed by atoms with Gasteiger partial charge in [0, 0.05) is 11.8 Å². The summed E-state index contributed by atoms with van der Waals surface area (Å²) in [7, 11) is 0. The molecule has 0 aliphatic carbocycles. The summed E-state index contributed by atoms with van der Waals surface area (Å²) < 4.78 is 5.34. The first-order valence-electron chi connectivity index (χ1n) is 5.45. The van der Waals surface area contributed by atoms with E-state index in [-0.39, 0.29) is 0 Å². The Hall–Kier alpha value is -1.05. The molecule has 14 heavy (non-hydrogen) atoms. The molecule has 0 saturated carbocycles. The first kappa shape index (κ1) is 11.0. The largest absolute Gasteiger partial charge is 0.478 e. The van der Waals surface area contributed by atoms with E-state index in [0.29, 0.717) is 6.61 Å². The minimum absolute atomic E-state index is 0.686. The molecule has 2 nitrogen and oxygen atoms in total. The highest BCUT2D eigenvalue weighted by molar-refractivity contribution is 5.15. The number of unbranched alkanes of at least 4 members (excludes halogenated alkanes) is 2. The second kappa shape index (κ2) is 6.41. The second-order valence-electron chi connectivity index (χ2n) is 3.36. The minimum atomic E-state index is 0.686. The molecule has 0 N–H and O–H groups in total. The predicted octanol–water partition coefficient (Wildman–Crippen LogP) is 3.21. The Morgan fingerprint density at radius 3 is 2.79 bits per heavy atom. The first-order chi connectivity index (χ1) is 6.86. The third-order valence-corrected chi connectivity index (χ3v) is 2.11. The van der Waals surface area contributed by atoms with Gasteiger partial charge < -0.3 is 4.74 Å². The van der Waals surface area contributed by atoms with Crippen LogP contribution in [0.15, 0.2) is 18.2 Å². The van der Waals surface area contributed by atoms with Gasteiger partial charge in [-0.15, -0.1) is 0 Å². The van der Waals surface area contributed by atoms with Crippen molar-refractivity contribution in [3.05, 3.63) is 23.9 Å². The van der Waals surface area contributed by atoms with Crippen LogP contribution in [-0.2, 0) is 6.42 Å². The monoisotopic (exact) mass is 193 g/mol. The van der Waals surface area contributed by atoms with Gasteiger partial charge in [0.25, 0.3) is 0 Å². The van der Waals surface area contributed by atoms with Crippen LogP contribution in [-0.4, -0.2) is 11.6 Å². The first-order valence-corrected chi connectivity index (χ1v) is 5.45. The lowest BCUT2D eigenvalue weighted by atomic mass is 10.1. The molecule has 0 spiro atoms. The smallest absolute Gasteiger partial charge is 0.213 e. The summed E-state index contributed by atoms with van der Waals surface area (Å²) in [5.74, 6) is 0.751. The zero-order chi connectivity index (χ0) is 10.2. The van der Waals surface area contributed by atoms with E-state index in [1.807, 2.05) is 19.1 Å². The van der Waals surface area contributed by atoms with E-state index in [4.69, 9.17) is 4.74 Å². The Labute approximate surface area is 86.3 Å². The van der Waals surface area contributed by atoms with Gasteiger partial charge in [0.1, 0.15) is 0 Å². The predicted molar refractivity (Wildman–Crippen MR) is 58.6 cm³/mol. The average Bonchev–Trinajstić information content (AvgIpc) is 2.19. The van der Waals surface area contributed by atoms with Crippen molar-refractivity contribution in [1.82, 2.24) is 4.98 Å². The standard InChI is InChI=1S/C12H19NO/c1-3-5-6-8-11-9-7-10-12(13-11)14-4-2/h7,9-10H,3-6,8H2,1-2H3. The van der Waals surface area contributed by atoms with Crippen LogP contribution in [0.3, 0.4) is 0 Å². The van der Waals surface area contributed by atoms with Crippen molar-refractivity contribution < 1.29 is 4.74 Å². The molecule has 1 aromatic heterocycles. The number of hydrogen-bond acceptors (Lipinski definition) is 2.